The molecule has 0 spiro atoms. The molecule has 2 amide bonds. The molecule has 2 heterocycles. The fourth-order valence-electron chi connectivity index (χ4n) is 5.43. The van der Waals surface area contributed by atoms with Crippen molar-refractivity contribution in [1.29, 1.82) is 0 Å². The molecule has 196 valence electrons. The van der Waals surface area contributed by atoms with Gasteiger partial charge in [0.15, 0.2) is 5.65 Å². The van der Waals surface area contributed by atoms with Gasteiger partial charge in [0.2, 0.25) is 17.7 Å². The first kappa shape index (κ1) is 25.0. The highest BCUT2D eigenvalue weighted by Crippen LogP contribution is 2.44. The third-order valence-electron chi connectivity index (χ3n) is 7.91. The molecular formula is C26H34F3N5O2. The summed E-state index contributed by atoms with van der Waals surface area (Å²) in [6.07, 6.45) is 7.41. The van der Waals surface area contributed by atoms with Crippen LogP contribution in [-0.4, -0.2) is 39.0 Å². The molecule has 3 aliphatic carbocycles. The fourth-order valence-corrected chi connectivity index (χ4v) is 5.43. The Hall–Kier alpha value is -2.65. The number of hydrogen-bond acceptors (Lipinski definition) is 4. The number of carbonyl (C=O) groups excluding carboxylic acids is 2. The average Bonchev–Trinajstić information content (AvgIpc) is 3.77. The van der Waals surface area contributed by atoms with E-state index in [2.05, 4.69) is 15.7 Å². The molecule has 36 heavy (non-hydrogen) atoms. The maximum absolute atomic E-state index is 13.8. The number of nitrogens with one attached hydrogen (secondary N) is 2. The second-order valence-corrected chi connectivity index (χ2v) is 10.8. The lowest BCUT2D eigenvalue weighted by molar-refractivity contribution is -0.124. The molecule has 0 radical (unpaired) electrons. The minimum atomic E-state index is -2.68. The number of aromatic nitrogens is 3. The van der Waals surface area contributed by atoms with Gasteiger partial charge in [-0.2, -0.15) is 5.10 Å². The molecule has 0 bridgehead atoms. The van der Waals surface area contributed by atoms with Crippen molar-refractivity contribution in [2.24, 2.45) is 23.7 Å². The minimum Gasteiger partial charge on any atom is -0.349 e. The monoisotopic (exact) mass is 505 g/mol. The molecule has 0 unspecified atom stereocenters. The Balaban J connectivity index is 1.39. The number of amides is 2. The van der Waals surface area contributed by atoms with Crippen LogP contribution in [0, 0.1) is 23.7 Å². The van der Waals surface area contributed by atoms with Gasteiger partial charge in [0.1, 0.15) is 0 Å². The molecule has 0 aromatic carbocycles. The van der Waals surface area contributed by atoms with Crippen LogP contribution in [0.3, 0.4) is 0 Å². The lowest BCUT2D eigenvalue weighted by Crippen LogP contribution is -2.38. The third-order valence-corrected chi connectivity index (χ3v) is 7.91. The van der Waals surface area contributed by atoms with E-state index in [0.29, 0.717) is 30.1 Å². The first-order valence-electron chi connectivity index (χ1n) is 13.2. The molecule has 4 atom stereocenters. The van der Waals surface area contributed by atoms with Crippen LogP contribution in [-0.2, 0) is 9.59 Å². The number of hydrogen-bond donors (Lipinski definition) is 2. The molecule has 0 aliphatic heterocycles. The zero-order valence-corrected chi connectivity index (χ0v) is 20.6. The van der Waals surface area contributed by atoms with Gasteiger partial charge in [-0.15, -0.1) is 0 Å². The van der Waals surface area contributed by atoms with E-state index < -0.39 is 18.6 Å². The van der Waals surface area contributed by atoms with Gasteiger partial charge in [0.25, 0.3) is 0 Å². The van der Waals surface area contributed by atoms with Crippen LogP contribution >= 0.6 is 0 Å². The first-order chi connectivity index (χ1) is 17.3. The molecule has 3 aliphatic rings. The molecule has 10 heteroatoms. The van der Waals surface area contributed by atoms with E-state index in [1.54, 1.807) is 16.9 Å². The van der Waals surface area contributed by atoms with Crippen molar-refractivity contribution in [3.8, 4) is 0 Å². The molecule has 5 rings (SSSR count). The van der Waals surface area contributed by atoms with Gasteiger partial charge in [-0.3, -0.25) is 14.0 Å². The number of nitrogens with zero attached hydrogens (tertiary/aromatic N) is 3. The van der Waals surface area contributed by atoms with Gasteiger partial charge in [-0.1, -0.05) is 6.92 Å². The van der Waals surface area contributed by atoms with Crippen LogP contribution < -0.4 is 10.6 Å². The second-order valence-electron chi connectivity index (χ2n) is 10.8. The van der Waals surface area contributed by atoms with Gasteiger partial charge < -0.3 is 10.6 Å². The van der Waals surface area contributed by atoms with Crippen LogP contribution in [0.2, 0.25) is 0 Å². The predicted molar refractivity (Wildman–Crippen MR) is 127 cm³/mol. The number of imidazole rings is 1. The Labute approximate surface area is 208 Å². The summed E-state index contributed by atoms with van der Waals surface area (Å²) in [6.45, 7) is 1.44. The average molecular weight is 506 g/mol. The standard InChI is InChI=1S/C26H34F3N5O2/c1-2-3-22(35)32-23(15-4-5-15)18-11-21-31-20(14-34(21)30-13-18)24(16-6-8-26(28,29)9-7-16)33-25(36)19-10-17(19)12-27/h11,13-17,19,23-24H,2-10,12H2,1H3,(H,32,35)(H,33,36)/t17-,19-,23-,24+/m1/s1. The molecule has 7 nitrogen and oxygen atoms in total. The fraction of sp³-hybridized carbons (Fsp3) is 0.692. The summed E-state index contributed by atoms with van der Waals surface area (Å²) in [5.74, 6) is -3.34. The smallest absolute Gasteiger partial charge is 0.248 e. The number of halogens is 3. The zero-order valence-electron chi connectivity index (χ0n) is 20.6. The van der Waals surface area contributed by atoms with Crippen molar-refractivity contribution in [2.45, 2.75) is 82.7 Å². The topological polar surface area (TPSA) is 88.4 Å². The normalized spacial score (nSPS) is 25.3. The van der Waals surface area contributed by atoms with Gasteiger partial charge in [-0.25, -0.2) is 18.3 Å². The number of rotatable bonds is 10. The summed E-state index contributed by atoms with van der Waals surface area (Å²) in [6, 6.07) is 1.24. The maximum atomic E-state index is 13.8. The van der Waals surface area contributed by atoms with Crippen LogP contribution in [0.4, 0.5) is 13.2 Å². The van der Waals surface area contributed by atoms with Gasteiger partial charge in [0.05, 0.1) is 36.8 Å². The van der Waals surface area contributed by atoms with E-state index in [0.717, 1.165) is 24.8 Å². The number of carbonyl (C=O) groups is 2. The largest absolute Gasteiger partial charge is 0.349 e. The summed E-state index contributed by atoms with van der Waals surface area (Å²) >= 11 is 0. The van der Waals surface area contributed by atoms with E-state index >= 15 is 0 Å². The molecule has 3 saturated carbocycles. The van der Waals surface area contributed by atoms with Crippen LogP contribution in [0.5, 0.6) is 0 Å². The van der Waals surface area contributed by atoms with Gasteiger partial charge >= 0.3 is 0 Å². The molecule has 2 N–H and O–H groups in total. The quantitative estimate of drug-likeness (QED) is 0.491. The van der Waals surface area contributed by atoms with Crippen molar-refractivity contribution in [1.82, 2.24) is 25.2 Å². The van der Waals surface area contributed by atoms with E-state index in [1.807, 2.05) is 13.0 Å². The van der Waals surface area contributed by atoms with E-state index in [1.165, 1.54) is 0 Å². The molecule has 2 aromatic heterocycles. The van der Waals surface area contributed by atoms with Crippen molar-refractivity contribution < 1.29 is 22.8 Å². The highest BCUT2D eigenvalue weighted by Gasteiger charge is 2.45. The minimum absolute atomic E-state index is 0.0156. The molecule has 2 aromatic rings. The molecule has 3 fully saturated rings. The second kappa shape index (κ2) is 10.0. The lowest BCUT2D eigenvalue weighted by Gasteiger charge is -2.33. The Morgan fingerprint density at radius 1 is 1.14 bits per heavy atom. The summed E-state index contributed by atoms with van der Waals surface area (Å²) in [5.41, 5.74) is 2.03. The van der Waals surface area contributed by atoms with Crippen molar-refractivity contribution in [2.75, 3.05) is 6.67 Å². The van der Waals surface area contributed by atoms with E-state index in [-0.39, 0.29) is 61.3 Å². The van der Waals surface area contributed by atoms with Crippen LogP contribution in [0.25, 0.3) is 5.65 Å². The summed E-state index contributed by atoms with van der Waals surface area (Å²) in [7, 11) is 0. The third kappa shape index (κ3) is 5.52. The highest BCUT2D eigenvalue weighted by molar-refractivity contribution is 5.82. The molecule has 0 saturated heterocycles. The maximum Gasteiger partial charge on any atom is 0.248 e. The van der Waals surface area contributed by atoms with E-state index in [4.69, 9.17) is 4.98 Å². The Morgan fingerprint density at radius 3 is 2.50 bits per heavy atom. The van der Waals surface area contributed by atoms with Crippen LogP contribution in [0.15, 0.2) is 18.5 Å². The highest BCUT2D eigenvalue weighted by atomic mass is 19.3. The van der Waals surface area contributed by atoms with Crippen molar-refractivity contribution >= 4 is 17.5 Å². The number of fused-ring (bicyclic) bond motifs is 1. The van der Waals surface area contributed by atoms with Gasteiger partial charge in [-0.05, 0) is 67.9 Å². The van der Waals surface area contributed by atoms with Crippen molar-refractivity contribution in [3.05, 3.63) is 29.7 Å². The number of alkyl halides is 3. The first-order valence-corrected chi connectivity index (χ1v) is 13.2. The summed E-state index contributed by atoms with van der Waals surface area (Å²) in [5, 5.41) is 10.7. The SMILES string of the molecule is CCCC(=O)N[C@@H](c1cnn2cc([C@@H](NC(=O)[C@@H]3C[C@@H]3CF)C3CCC(F)(F)CC3)nc2c1)C1CC1. The van der Waals surface area contributed by atoms with Crippen LogP contribution in [0.1, 0.15) is 88.1 Å². The Morgan fingerprint density at radius 2 is 1.86 bits per heavy atom. The summed E-state index contributed by atoms with van der Waals surface area (Å²) < 4.78 is 42.3. The van der Waals surface area contributed by atoms with Gasteiger partial charge in [0, 0.05) is 25.2 Å². The zero-order chi connectivity index (χ0) is 25.4. The lowest BCUT2D eigenvalue weighted by atomic mass is 9.81. The summed E-state index contributed by atoms with van der Waals surface area (Å²) in [4.78, 5) is 29.8. The molecular weight excluding hydrogens is 471 g/mol. The Bertz CT molecular complexity index is 1110. The Kier molecular flexibility index (Phi) is 6.96. The van der Waals surface area contributed by atoms with Crippen molar-refractivity contribution in [3.63, 3.8) is 0 Å². The predicted octanol–water partition coefficient (Wildman–Crippen LogP) is 4.69. The van der Waals surface area contributed by atoms with E-state index in [9.17, 15) is 22.8 Å².